The lowest BCUT2D eigenvalue weighted by molar-refractivity contribution is -0.143. The highest BCUT2D eigenvalue weighted by atomic mass is 19.3. The van der Waals surface area contributed by atoms with Gasteiger partial charge >= 0.3 is 5.92 Å². The van der Waals surface area contributed by atoms with E-state index in [1.807, 2.05) is 0 Å². The summed E-state index contributed by atoms with van der Waals surface area (Å²) in [4.78, 5) is 10.7. The van der Waals surface area contributed by atoms with Gasteiger partial charge in [-0.1, -0.05) is 42.5 Å². The molecule has 0 aliphatic heterocycles. The van der Waals surface area contributed by atoms with E-state index in [0.717, 1.165) is 0 Å². The molecule has 2 nitrogen and oxygen atoms in total. The molecule has 0 fully saturated rings. The van der Waals surface area contributed by atoms with Crippen molar-refractivity contribution in [3.8, 4) is 0 Å². The first-order chi connectivity index (χ1) is 7.53. The van der Waals surface area contributed by atoms with Crippen molar-refractivity contribution in [2.75, 3.05) is 0 Å². The molecule has 0 aromatic heterocycles. The van der Waals surface area contributed by atoms with E-state index in [-0.39, 0.29) is 5.56 Å². The van der Waals surface area contributed by atoms with Crippen molar-refractivity contribution in [2.24, 2.45) is 5.73 Å². The van der Waals surface area contributed by atoms with Crippen molar-refractivity contribution in [3.63, 3.8) is 0 Å². The van der Waals surface area contributed by atoms with Gasteiger partial charge in [-0.05, 0) is 10.8 Å². The van der Waals surface area contributed by atoms with Gasteiger partial charge in [0.2, 0.25) is 0 Å². The van der Waals surface area contributed by atoms with E-state index in [1.54, 1.807) is 30.3 Å². The van der Waals surface area contributed by atoms with E-state index >= 15 is 0 Å². The van der Waals surface area contributed by atoms with Gasteiger partial charge < -0.3 is 5.73 Å². The third-order valence-corrected chi connectivity index (χ3v) is 2.44. The van der Waals surface area contributed by atoms with Crippen molar-refractivity contribution in [3.05, 3.63) is 48.0 Å². The molecule has 0 saturated heterocycles. The van der Waals surface area contributed by atoms with Crippen molar-refractivity contribution < 1.29 is 13.6 Å². The molecule has 0 saturated carbocycles. The molecule has 2 N–H and O–H groups in total. The maximum atomic E-state index is 13.5. The van der Waals surface area contributed by atoms with Crippen LogP contribution in [0.3, 0.4) is 0 Å². The van der Waals surface area contributed by atoms with Gasteiger partial charge in [0.1, 0.15) is 0 Å². The number of rotatable bonds is 2. The lowest BCUT2D eigenvalue weighted by Crippen LogP contribution is -2.33. The average molecular weight is 221 g/mol. The van der Waals surface area contributed by atoms with Gasteiger partial charge in [0, 0.05) is 5.56 Å². The zero-order valence-electron chi connectivity index (χ0n) is 8.28. The number of nitrogens with two attached hydrogens (primary N) is 1. The van der Waals surface area contributed by atoms with Crippen molar-refractivity contribution in [2.45, 2.75) is 5.92 Å². The summed E-state index contributed by atoms with van der Waals surface area (Å²) in [5, 5.41) is 0.995. The number of amides is 1. The largest absolute Gasteiger partial charge is 0.364 e. The van der Waals surface area contributed by atoms with E-state index in [4.69, 9.17) is 5.73 Å². The highest BCUT2D eigenvalue weighted by Gasteiger charge is 2.39. The lowest BCUT2D eigenvalue weighted by atomic mass is 9.99. The summed E-state index contributed by atoms with van der Waals surface area (Å²) in [6.07, 6.45) is 0. The summed E-state index contributed by atoms with van der Waals surface area (Å²) in [6, 6.07) is 11.0. The van der Waals surface area contributed by atoms with Crippen LogP contribution in [0.1, 0.15) is 5.56 Å². The van der Waals surface area contributed by atoms with Crippen molar-refractivity contribution >= 4 is 16.7 Å². The summed E-state index contributed by atoms with van der Waals surface area (Å²) in [7, 11) is 0. The van der Waals surface area contributed by atoms with E-state index < -0.39 is 11.8 Å². The number of hydrogen-bond donors (Lipinski definition) is 1. The quantitative estimate of drug-likeness (QED) is 0.831. The molecule has 0 heterocycles. The average Bonchev–Trinajstić information content (AvgIpc) is 2.28. The summed E-state index contributed by atoms with van der Waals surface area (Å²) < 4.78 is 27.1. The van der Waals surface area contributed by atoms with Gasteiger partial charge in [-0.25, -0.2) is 0 Å². The molecule has 0 bridgehead atoms. The Kier molecular flexibility index (Phi) is 2.34. The summed E-state index contributed by atoms with van der Waals surface area (Å²) >= 11 is 0. The van der Waals surface area contributed by atoms with E-state index in [9.17, 15) is 13.6 Å². The normalized spacial score (nSPS) is 11.6. The van der Waals surface area contributed by atoms with Crippen LogP contribution in [0, 0.1) is 0 Å². The first-order valence-corrected chi connectivity index (χ1v) is 4.69. The molecule has 0 aliphatic rings. The van der Waals surface area contributed by atoms with Gasteiger partial charge in [0.25, 0.3) is 5.91 Å². The van der Waals surface area contributed by atoms with Crippen LogP contribution in [-0.2, 0) is 10.7 Å². The first-order valence-electron chi connectivity index (χ1n) is 4.69. The molecule has 0 unspecified atom stereocenters. The molecule has 1 amide bonds. The van der Waals surface area contributed by atoms with Crippen LogP contribution in [0.4, 0.5) is 8.78 Å². The van der Waals surface area contributed by atoms with Crippen LogP contribution in [0.15, 0.2) is 42.5 Å². The molecule has 82 valence electrons. The molecule has 0 spiro atoms. The predicted molar refractivity (Wildman–Crippen MR) is 57.0 cm³/mol. The Balaban J connectivity index is 2.74. The number of hydrogen-bond acceptors (Lipinski definition) is 1. The molecule has 0 atom stereocenters. The molecule has 0 aliphatic carbocycles. The maximum Gasteiger partial charge on any atom is 0.350 e. The zero-order chi connectivity index (χ0) is 11.8. The number of benzene rings is 2. The van der Waals surface area contributed by atoms with Gasteiger partial charge in [0.05, 0.1) is 0 Å². The first kappa shape index (κ1) is 10.5. The Morgan fingerprint density at radius 3 is 2.38 bits per heavy atom. The van der Waals surface area contributed by atoms with E-state index in [2.05, 4.69) is 0 Å². The molecule has 2 rings (SSSR count). The Morgan fingerprint density at radius 2 is 1.69 bits per heavy atom. The molecule has 4 heteroatoms. The molecule has 16 heavy (non-hydrogen) atoms. The van der Waals surface area contributed by atoms with Gasteiger partial charge in [-0.15, -0.1) is 0 Å². The fraction of sp³-hybridized carbons (Fsp3) is 0.0833. The maximum absolute atomic E-state index is 13.5. The van der Waals surface area contributed by atoms with Gasteiger partial charge in [-0.2, -0.15) is 8.78 Å². The summed E-state index contributed by atoms with van der Waals surface area (Å²) in [5.41, 5.74) is 4.36. The van der Waals surface area contributed by atoms with Crippen LogP contribution < -0.4 is 5.73 Å². The number of alkyl halides is 2. The number of primary amides is 1. The number of carbonyl (C=O) groups is 1. The Hall–Kier alpha value is -1.97. The minimum atomic E-state index is -3.64. The number of carbonyl (C=O) groups excluding carboxylic acids is 1. The number of fused-ring (bicyclic) bond motifs is 1. The number of halogens is 2. The third-order valence-electron chi connectivity index (χ3n) is 2.44. The van der Waals surface area contributed by atoms with Gasteiger partial charge in [-0.3, -0.25) is 4.79 Å². The Labute approximate surface area is 90.7 Å². The van der Waals surface area contributed by atoms with Gasteiger partial charge in [0.15, 0.2) is 0 Å². The standard InChI is InChI=1S/C12H9F2NO/c13-12(14,11(15)16)10-7-3-5-8-4-1-2-6-9(8)10/h1-7H,(H2,15,16). The van der Waals surface area contributed by atoms with E-state index in [1.165, 1.54) is 12.1 Å². The SMILES string of the molecule is NC(=O)C(F)(F)c1cccc2ccccc12. The second-order valence-corrected chi connectivity index (χ2v) is 3.47. The minimum absolute atomic E-state index is 0.341. The Morgan fingerprint density at radius 1 is 1.06 bits per heavy atom. The molecular formula is C12H9F2NO. The second-order valence-electron chi connectivity index (χ2n) is 3.47. The van der Waals surface area contributed by atoms with Crippen LogP contribution in [0.2, 0.25) is 0 Å². The monoisotopic (exact) mass is 221 g/mol. The fourth-order valence-corrected chi connectivity index (χ4v) is 1.63. The Bertz CT molecular complexity index is 546. The van der Waals surface area contributed by atoms with Crippen molar-refractivity contribution in [1.29, 1.82) is 0 Å². The summed E-state index contributed by atoms with van der Waals surface area (Å²) in [5.74, 6) is -5.27. The fourth-order valence-electron chi connectivity index (χ4n) is 1.63. The third kappa shape index (κ3) is 1.52. The summed E-state index contributed by atoms with van der Waals surface area (Å²) in [6.45, 7) is 0. The molecule has 2 aromatic carbocycles. The predicted octanol–water partition coefficient (Wildman–Crippen LogP) is 2.42. The van der Waals surface area contributed by atoms with Crippen LogP contribution in [0.5, 0.6) is 0 Å². The molecular weight excluding hydrogens is 212 g/mol. The zero-order valence-corrected chi connectivity index (χ0v) is 8.28. The van der Waals surface area contributed by atoms with Crippen molar-refractivity contribution in [1.82, 2.24) is 0 Å². The van der Waals surface area contributed by atoms with Crippen LogP contribution in [0.25, 0.3) is 10.8 Å². The highest BCUT2D eigenvalue weighted by Crippen LogP contribution is 2.33. The van der Waals surface area contributed by atoms with Crippen LogP contribution >= 0.6 is 0 Å². The highest BCUT2D eigenvalue weighted by molar-refractivity contribution is 5.93. The van der Waals surface area contributed by atoms with Crippen LogP contribution in [-0.4, -0.2) is 5.91 Å². The minimum Gasteiger partial charge on any atom is -0.364 e. The lowest BCUT2D eigenvalue weighted by Gasteiger charge is -2.14. The second kappa shape index (κ2) is 3.56. The smallest absolute Gasteiger partial charge is 0.350 e. The molecule has 0 radical (unpaired) electrons. The van der Waals surface area contributed by atoms with E-state index in [0.29, 0.717) is 10.8 Å². The topological polar surface area (TPSA) is 43.1 Å². The molecule has 2 aromatic rings.